The highest BCUT2D eigenvalue weighted by atomic mass is 16.5. The van der Waals surface area contributed by atoms with Crippen LogP contribution in [0.5, 0.6) is 5.75 Å². The van der Waals surface area contributed by atoms with Gasteiger partial charge in [-0.1, -0.05) is 36.4 Å². The first kappa shape index (κ1) is 13.4. The summed E-state index contributed by atoms with van der Waals surface area (Å²) in [7, 11) is 3.78. The van der Waals surface area contributed by atoms with Gasteiger partial charge in [-0.2, -0.15) is 0 Å². The third-order valence-electron chi connectivity index (χ3n) is 3.66. The molecule has 0 bridgehead atoms. The monoisotopic (exact) mass is 276 g/mol. The van der Waals surface area contributed by atoms with Crippen LogP contribution in [0.3, 0.4) is 0 Å². The Morgan fingerprint density at radius 3 is 2.05 bits per heavy atom. The van der Waals surface area contributed by atoms with Crippen molar-refractivity contribution in [3.05, 3.63) is 72.9 Å². The van der Waals surface area contributed by atoms with Crippen molar-refractivity contribution in [1.29, 1.82) is 0 Å². The van der Waals surface area contributed by atoms with Crippen LogP contribution in [-0.4, -0.2) is 7.11 Å². The molecule has 0 aliphatic carbocycles. The van der Waals surface area contributed by atoms with Crippen molar-refractivity contribution >= 4 is 0 Å². The molecular formula is C19H18NO+. The van der Waals surface area contributed by atoms with Gasteiger partial charge in [0.15, 0.2) is 6.20 Å². The maximum atomic E-state index is 5.51. The number of aryl methyl sites for hydroxylation is 1. The molecule has 0 aliphatic heterocycles. The molecule has 1 aromatic heterocycles. The van der Waals surface area contributed by atoms with Crippen molar-refractivity contribution in [3.63, 3.8) is 0 Å². The summed E-state index contributed by atoms with van der Waals surface area (Å²) in [4.78, 5) is 0. The van der Waals surface area contributed by atoms with Crippen molar-refractivity contribution in [2.45, 2.75) is 0 Å². The smallest absolute Gasteiger partial charge is 0.212 e. The molecule has 0 N–H and O–H groups in total. The Balaban J connectivity index is 2.24. The fourth-order valence-electron chi connectivity index (χ4n) is 2.61. The number of methoxy groups -OCH3 is 1. The van der Waals surface area contributed by atoms with E-state index >= 15 is 0 Å². The fraction of sp³-hybridized carbons (Fsp3) is 0.105. The van der Waals surface area contributed by atoms with Crippen molar-refractivity contribution in [1.82, 2.24) is 0 Å². The number of hydrogen-bond acceptors (Lipinski definition) is 1. The van der Waals surface area contributed by atoms with Gasteiger partial charge < -0.3 is 4.74 Å². The lowest BCUT2D eigenvalue weighted by Crippen LogP contribution is -2.30. The second kappa shape index (κ2) is 5.80. The van der Waals surface area contributed by atoms with Crippen molar-refractivity contribution in [2.75, 3.05) is 7.11 Å². The molecule has 2 aromatic carbocycles. The van der Waals surface area contributed by atoms with E-state index in [0.29, 0.717) is 0 Å². The summed E-state index contributed by atoms with van der Waals surface area (Å²) in [5.74, 6) is 0.892. The molecule has 0 fully saturated rings. The average Bonchev–Trinajstić information content (AvgIpc) is 2.55. The summed E-state index contributed by atoms with van der Waals surface area (Å²) >= 11 is 0. The molecule has 0 radical (unpaired) electrons. The third-order valence-corrected chi connectivity index (χ3v) is 3.66. The Morgan fingerprint density at radius 1 is 0.714 bits per heavy atom. The molecule has 0 atom stereocenters. The van der Waals surface area contributed by atoms with Gasteiger partial charge in [-0.05, 0) is 23.8 Å². The zero-order valence-electron chi connectivity index (χ0n) is 12.3. The van der Waals surface area contributed by atoms with Crippen LogP contribution in [0.4, 0.5) is 0 Å². The van der Waals surface area contributed by atoms with E-state index in [-0.39, 0.29) is 0 Å². The molecule has 1 heterocycles. The van der Waals surface area contributed by atoms with Crippen LogP contribution in [0.2, 0.25) is 0 Å². The zero-order valence-corrected chi connectivity index (χ0v) is 12.3. The Morgan fingerprint density at radius 2 is 1.33 bits per heavy atom. The quantitative estimate of drug-likeness (QED) is 0.662. The number of aromatic nitrogens is 1. The first-order valence-corrected chi connectivity index (χ1v) is 6.98. The summed E-state index contributed by atoms with van der Waals surface area (Å²) in [6.07, 6.45) is 2.06. The summed E-state index contributed by atoms with van der Waals surface area (Å²) in [5, 5.41) is 0. The number of para-hydroxylation sites is 1. The van der Waals surface area contributed by atoms with Gasteiger partial charge in [-0.15, -0.1) is 0 Å². The normalized spacial score (nSPS) is 10.4. The largest absolute Gasteiger partial charge is 0.496 e. The molecule has 2 heteroatoms. The number of pyridine rings is 1. The molecule has 2 nitrogen and oxygen atoms in total. The zero-order chi connectivity index (χ0) is 14.7. The van der Waals surface area contributed by atoms with Crippen molar-refractivity contribution < 1.29 is 9.30 Å². The number of rotatable bonds is 3. The molecule has 0 aliphatic rings. The van der Waals surface area contributed by atoms with Gasteiger partial charge >= 0.3 is 0 Å². The average molecular weight is 276 g/mol. The van der Waals surface area contributed by atoms with Gasteiger partial charge in [-0.3, -0.25) is 0 Å². The van der Waals surface area contributed by atoms with Crippen LogP contribution < -0.4 is 9.30 Å². The lowest BCUT2D eigenvalue weighted by atomic mass is 9.96. The lowest BCUT2D eigenvalue weighted by molar-refractivity contribution is -0.660. The van der Waals surface area contributed by atoms with E-state index in [1.807, 2.05) is 24.3 Å². The topological polar surface area (TPSA) is 13.1 Å². The SMILES string of the molecule is COc1ccccc1-c1ccccc1-c1cccc[n+]1C. The molecule has 3 rings (SSSR count). The predicted octanol–water partition coefficient (Wildman–Crippen LogP) is 3.85. The van der Waals surface area contributed by atoms with Gasteiger partial charge in [-0.25, -0.2) is 4.57 Å². The minimum atomic E-state index is 0.892. The van der Waals surface area contributed by atoms with Crippen molar-refractivity contribution in [3.8, 4) is 28.1 Å². The number of hydrogen-bond donors (Lipinski definition) is 0. The van der Waals surface area contributed by atoms with Crippen LogP contribution in [0.1, 0.15) is 0 Å². The lowest BCUT2D eigenvalue weighted by Gasteiger charge is -2.11. The summed E-state index contributed by atoms with van der Waals surface area (Å²) in [5.41, 5.74) is 4.67. The number of nitrogens with zero attached hydrogens (tertiary/aromatic N) is 1. The highest BCUT2D eigenvalue weighted by Gasteiger charge is 2.16. The first-order valence-electron chi connectivity index (χ1n) is 6.98. The molecule has 0 unspecified atom stereocenters. The van der Waals surface area contributed by atoms with Crippen LogP contribution in [0.15, 0.2) is 72.9 Å². The van der Waals surface area contributed by atoms with E-state index in [1.165, 1.54) is 16.8 Å². The van der Waals surface area contributed by atoms with Gasteiger partial charge in [0.1, 0.15) is 12.8 Å². The van der Waals surface area contributed by atoms with Crippen LogP contribution in [-0.2, 0) is 7.05 Å². The Kier molecular flexibility index (Phi) is 3.69. The predicted molar refractivity (Wildman–Crippen MR) is 85.0 cm³/mol. The van der Waals surface area contributed by atoms with E-state index in [9.17, 15) is 0 Å². The summed E-state index contributed by atoms with van der Waals surface area (Å²) in [6.45, 7) is 0. The Bertz CT molecular complexity index is 765. The van der Waals surface area contributed by atoms with E-state index < -0.39 is 0 Å². The molecule has 0 amide bonds. The number of benzene rings is 2. The fourth-order valence-corrected chi connectivity index (χ4v) is 2.61. The summed E-state index contributed by atoms with van der Waals surface area (Å²) < 4.78 is 7.65. The molecule has 0 saturated carbocycles. The molecule has 0 spiro atoms. The van der Waals surface area contributed by atoms with Crippen LogP contribution >= 0.6 is 0 Å². The van der Waals surface area contributed by atoms with Gasteiger partial charge in [0.2, 0.25) is 5.69 Å². The molecule has 0 saturated heterocycles. The third kappa shape index (κ3) is 2.52. The minimum Gasteiger partial charge on any atom is -0.496 e. The van der Waals surface area contributed by atoms with E-state index in [2.05, 4.69) is 60.3 Å². The Labute approximate surface area is 125 Å². The van der Waals surface area contributed by atoms with E-state index in [0.717, 1.165) is 11.3 Å². The highest BCUT2D eigenvalue weighted by Crippen LogP contribution is 2.35. The van der Waals surface area contributed by atoms with Crippen LogP contribution in [0.25, 0.3) is 22.4 Å². The molecule has 3 aromatic rings. The number of ether oxygens (including phenoxy) is 1. The maximum absolute atomic E-state index is 5.51. The molecule has 21 heavy (non-hydrogen) atoms. The van der Waals surface area contributed by atoms with Crippen molar-refractivity contribution in [2.24, 2.45) is 7.05 Å². The van der Waals surface area contributed by atoms with E-state index in [4.69, 9.17) is 4.74 Å². The highest BCUT2D eigenvalue weighted by molar-refractivity contribution is 5.83. The van der Waals surface area contributed by atoms with Gasteiger partial charge in [0, 0.05) is 17.7 Å². The first-order chi connectivity index (χ1) is 10.3. The molecule has 104 valence electrons. The maximum Gasteiger partial charge on any atom is 0.212 e. The van der Waals surface area contributed by atoms with Gasteiger partial charge in [0.05, 0.1) is 12.7 Å². The standard InChI is InChI=1S/C19H18NO/c1-20-14-8-7-12-18(20)16-10-4-3-9-15(16)17-11-5-6-13-19(17)21-2/h3-14H,1-2H3/q+1. The van der Waals surface area contributed by atoms with Gasteiger partial charge in [0.25, 0.3) is 0 Å². The van der Waals surface area contributed by atoms with E-state index in [1.54, 1.807) is 7.11 Å². The minimum absolute atomic E-state index is 0.892. The summed E-state index contributed by atoms with van der Waals surface area (Å²) in [6, 6.07) is 22.8. The second-order valence-electron chi connectivity index (χ2n) is 4.94. The Hall–Kier alpha value is -2.61. The molecular weight excluding hydrogens is 258 g/mol. The second-order valence-corrected chi connectivity index (χ2v) is 4.94. The van der Waals surface area contributed by atoms with Crippen LogP contribution in [0, 0.1) is 0 Å².